The van der Waals surface area contributed by atoms with E-state index in [2.05, 4.69) is 21.2 Å². The Morgan fingerprint density at radius 1 is 1.64 bits per heavy atom. The molecule has 1 aromatic rings. The molecule has 78 valence electrons. The van der Waals surface area contributed by atoms with Gasteiger partial charge in [-0.05, 0) is 13.1 Å². The highest BCUT2D eigenvalue weighted by atomic mass is 79.9. The maximum absolute atomic E-state index is 13.1. The molecule has 0 aliphatic rings. The summed E-state index contributed by atoms with van der Waals surface area (Å²) in [5, 5.41) is 12.3. The van der Waals surface area contributed by atoms with Gasteiger partial charge in [0, 0.05) is 16.6 Å². The number of hydrogen-bond acceptors (Lipinski definition) is 3. The van der Waals surface area contributed by atoms with E-state index in [-0.39, 0.29) is 5.75 Å². The standard InChI is InChI=1S/C9H11BrFNO2/c1-12-4-5-6(10)3-7(11)8(13)9(5)14-2/h3,12-13H,4H2,1-2H3. The average molecular weight is 264 g/mol. The number of aromatic hydroxyl groups is 1. The molecule has 1 rings (SSSR count). The van der Waals surface area contributed by atoms with Crippen molar-refractivity contribution in [3.05, 3.63) is 21.9 Å². The van der Waals surface area contributed by atoms with Crippen molar-refractivity contribution in [1.82, 2.24) is 5.32 Å². The van der Waals surface area contributed by atoms with Crippen molar-refractivity contribution in [2.75, 3.05) is 14.2 Å². The molecule has 1 aromatic carbocycles. The summed E-state index contributed by atoms with van der Waals surface area (Å²) in [6.45, 7) is 0.484. The first-order valence-corrected chi connectivity index (χ1v) is 4.79. The minimum atomic E-state index is -0.700. The van der Waals surface area contributed by atoms with Gasteiger partial charge in [-0.2, -0.15) is 0 Å². The molecule has 0 saturated carbocycles. The summed E-state index contributed by atoms with van der Waals surface area (Å²) in [5.41, 5.74) is 0.689. The number of methoxy groups -OCH3 is 1. The summed E-state index contributed by atoms with van der Waals surface area (Å²) < 4.78 is 18.6. The Labute approximate surface area is 90.0 Å². The Morgan fingerprint density at radius 3 is 2.79 bits per heavy atom. The summed E-state index contributed by atoms with van der Waals surface area (Å²) >= 11 is 3.20. The van der Waals surface area contributed by atoms with Crippen LogP contribution in [0.25, 0.3) is 0 Å². The minimum Gasteiger partial charge on any atom is -0.502 e. The van der Waals surface area contributed by atoms with Crippen molar-refractivity contribution in [2.24, 2.45) is 0 Å². The summed E-state index contributed by atoms with van der Waals surface area (Å²) in [6.07, 6.45) is 0. The highest BCUT2D eigenvalue weighted by Crippen LogP contribution is 2.37. The predicted molar refractivity (Wildman–Crippen MR) is 55.1 cm³/mol. The van der Waals surface area contributed by atoms with E-state index >= 15 is 0 Å². The van der Waals surface area contributed by atoms with E-state index in [0.717, 1.165) is 0 Å². The number of phenols is 1. The van der Waals surface area contributed by atoms with Crippen molar-refractivity contribution in [2.45, 2.75) is 6.54 Å². The van der Waals surface area contributed by atoms with Crippen LogP contribution >= 0.6 is 15.9 Å². The molecule has 3 nitrogen and oxygen atoms in total. The highest BCUT2D eigenvalue weighted by Gasteiger charge is 2.16. The van der Waals surface area contributed by atoms with Crippen LogP contribution in [0.2, 0.25) is 0 Å². The molecule has 0 aliphatic heterocycles. The van der Waals surface area contributed by atoms with Crippen molar-refractivity contribution in [3.8, 4) is 11.5 Å². The van der Waals surface area contributed by atoms with Crippen LogP contribution < -0.4 is 10.1 Å². The Hall–Kier alpha value is -0.810. The molecule has 0 heterocycles. The van der Waals surface area contributed by atoms with Gasteiger partial charge in [0.2, 0.25) is 0 Å². The van der Waals surface area contributed by atoms with E-state index in [1.54, 1.807) is 7.05 Å². The van der Waals surface area contributed by atoms with Crippen LogP contribution in [0.4, 0.5) is 4.39 Å². The first-order chi connectivity index (χ1) is 6.61. The van der Waals surface area contributed by atoms with E-state index in [1.807, 2.05) is 0 Å². The number of benzene rings is 1. The lowest BCUT2D eigenvalue weighted by atomic mass is 10.1. The number of ether oxygens (including phenoxy) is 1. The zero-order valence-electron chi connectivity index (χ0n) is 7.90. The third-order valence-corrected chi connectivity index (χ3v) is 2.52. The van der Waals surface area contributed by atoms with Gasteiger partial charge in [0.05, 0.1) is 7.11 Å². The van der Waals surface area contributed by atoms with Crippen LogP contribution in [-0.4, -0.2) is 19.3 Å². The fourth-order valence-corrected chi connectivity index (χ4v) is 1.71. The minimum absolute atomic E-state index is 0.159. The number of hydrogen-bond donors (Lipinski definition) is 2. The molecule has 0 amide bonds. The average Bonchev–Trinajstić information content (AvgIpc) is 2.15. The largest absolute Gasteiger partial charge is 0.502 e. The van der Waals surface area contributed by atoms with Gasteiger partial charge in [-0.15, -0.1) is 0 Å². The van der Waals surface area contributed by atoms with Crippen molar-refractivity contribution in [1.29, 1.82) is 0 Å². The Balaban J connectivity index is 3.31. The molecule has 0 unspecified atom stereocenters. The number of halogens is 2. The molecule has 0 saturated heterocycles. The van der Waals surface area contributed by atoms with Gasteiger partial charge < -0.3 is 15.2 Å². The molecular weight excluding hydrogens is 253 g/mol. The Bertz CT molecular complexity index is 344. The first-order valence-electron chi connectivity index (χ1n) is 4.00. The Morgan fingerprint density at radius 2 is 2.29 bits per heavy atom. The summed E-state index contributed by atoms with van der Waals surface area (Å²) in [5.74, 6) is -0.999. The highest BCUT2D eigenvalue weighted by molar-refractivity contribution is 9.10. The third-order valence-electron chi connectivity index (χ3n) is 1.81. The van der Waals surface area contributed by atoms with E-state index in [0.29, 0.717) is 16.6 Å². The van der Waals surface area contributed by atoms with Crippen LogP contribution in [0.15, 0.2) is 10.5 Å². The van der Waals surface area contributed by atoms with Gasteiger partial charge in [0.1, 0.15) is 0 Å². The van der Waals surface area contributed by atoms with Gasteiger partial charge in [0.25, 0.3) is 0 Å². The van der Waals surface area contributed by atoms with Crippen LogP contribution in [0.1, 0.15) is 5.56 Å². The summed E-state index contributed by atoms with van der Waals surface area (Å²) in [6, 6.07) is 1.21. The normalized spacial score (nSPS) is 10.3. The summed E-state index contributed by atoms with van der Waals surface area (Å²) in [4.78, 5) is 0. The Kier molecular flexibility index (Phi) is 3.71. The molecule has 14 heavy (non-hydrogen) atoms. The zero-order valence-corrected chi connectivity index (χ0v) is 9.48. The SMILES string of the molecule is CNCc1c(Br)cc(F)c(O)c1OC. The first kappa shape index (κ1) is 11.3. The van der Waals surface area contributed by atoms with Crippen molar-refractivity contribution >= 4 is 15.9 Å². The molecule has 0 aromatic heterocycles. The molecule has 0 atom stereocenters. The lowest BCUT2D eigenvalue weighted by Gasteiger charge is -2.12. The molecular formula is C9H11BrFNO2. The van der Waals surface area contributed by atoms with Crippen LogP contribution in [0.3, 0.4) is 0 Å². The lowest BCUT2D eigenvalue weighted by molar-refractivity contribution is 0.352. The fraction of sp³-hybridized carbons (Fsp3) is 0.333. The molecule has 0 bridgehead atoms. The van der Waals surface area contributed by atoms with E-state index in [4.69, 9.17) is 4.74 Å². The number of nitrogens with one attached hydrogen (secondary N) is 1. The molecule has 0 radical (unpaired) electrons. The van der Waals surface area contributed by atoms with E-state index in [9.17, 15) is 9.50 Å². The topological polar surface area (TPSA) is 41.5 Å². The third kappa shape index (κ3) is 1.99. The van der Waals surface area contributed by atoms with Crippen LogP contribution in [0.5, 0.6) is 11.5 Å². The molecule has 5 heteroatoms. The van der Waals surface area contributed by atoms with Gasteiger partial charge in [-0.1, -0.05) is 15.9 Å². The number of rotatable bonds is 3. The predicted octanol–water partition coefficient (Wildman–Crippen LogP) is 2.02. The molecule has 0 spiro atoms. The van der Waals surface area contributed by atoms with E-state index < -0.39 is 11.6 Å². The van der Waals surface area contributed by atoms with Gasteiger partial charge >= 0.3 is 0 Å². The van der Waals surface area contributed by atoms with Crippen LogP contribution in [-0.2, 0) is 6.54 Å². The monoisotopic (exact) mass is 263 g/mol. The second kappa shape index (κ2) is 4.61. The number of phenolic OH excluding ortho intramolecular Hbond substituents is 1. The fourth-order valence-electron chi connectivity index (χ4n) is 1.19. The van der Waals surface area contributed by atoms with Crippen molar-refractivity contribution < 1.29 is 14.2 Å². The second-order valence-corrected chi connectivity index (χ2v) is 3.59. The maximum Gasteiger partial charge on any atom is 0.194 e. The van der Waals surface area contributed by atoms with Gasteiger partial charge in [-0.25, -0.2) is 4.39 Å². The molecule has 0 aliphatic carbocycles. The smallest absolute Gasteiger partial charge is 0.194 e. The quantitative estimate of drug-likeness (QED) is 0.877. The summed E-state index contributed by atoms with van der Waals surface area (Å²) in [7, 11) is 3.15. The molecule has 0 fully saturated rings. The van der Waals surface area contributed by atoms with Crippen LogP contribution in [0, 0.1) is 5.82 Å². The van der Waals surface area contributed by atoms with Gasteiger partial charge in [0.15, 0.2) is 17.3 Å². The second-order valence-electron chi connectivity index (χ2n) is 2.73. The van der Waals surface area contributed by atoms with E-state index in [1.165, 1.54) is 13.2 Å². The molecule has 2 N–H and O–H groups in total. The lowest BCUT2D eigenvalue weighted by Crippen LogP contribution is -2.08. The van der Waals surface area contributed by atoms with Gasteiger partial charge in [-0.3, -0.25) is 0 Å². The maximum atomic E-state index is 13.1. The van der Waals surface area contributed by atoms with Crippen molar-refractivity contribution in [3.63, 3.8) is 0 Å². The zero-order chi connectivity index (χ0) is 10.7.